The Balaban J connectivity index is 2.79. The molecule has 21 heavy (non-hydrogen) atoms. The molecule has 0 aromatic heterocycles. The summed E-state index contributed by atoms with van der Waals surface area (Å²) in [6, 6.07) is 5.90. The van der Waals surface area contributed by atoms with Crippen molar-refractivity contribution < 1.29 is 14.0 Å². The number of halogens is 1. The summed E-state index contributed by atoms with van der Waals surface area (Å²) in [7, 11) is 1.68. The van der Waals surface area contributed by atoms with Gasteiger partial charge in [-0.3, -0.25) is 9.59 Å². The average molecular weight is 294 g/mol. The topological polar surface area (TPSA) is 49.4 Å². The highest BCUT2D eigenvalue weighted by atomic mass is 19.1. The minimum Gasteiger partial charge on any atom is -0.345 e. The first kappa shape index (κ1) is 17.1. The Morgan fingerprint density at radius 3 is 2.48 bits per heavy atom. The largest absolute Gasteiger partial charge is 0.345 e. The minimum absolute atomic E-state index is 0.0830. The number of hydrogen-bond acceptors (Lipinski definition) is 2. The Bertz CT molecular complexity index is 515. The van der Waals surface area contributed by atoms with E-state index in [0.717, 1.165) is 12.8 Å². The number of hydrogen-bond donors (Lipinski definition) is 1. The van der Waals surface area contributed by atoms with Gasteiger partial charge in [0.15, 0.2) is 0 Å². The van der Waals surface area contributed by atoms with Gasteiger partial charge in [-0.05, 0) is 32.4 Å². The molecular weight excluding hydrogens is 271 g/mol. The van der Waals surface area contributed by atoms with Gasteiger partial charge in [0.05, 0.1) is 5.69 Å². The molecule has 0 radical (unpaired) electrons. The third-order valence-corrected chi connectivity index (χ3v) is 3.42. The maximum atomic E-state index is 13.6. The van der Waals surface area contributed by atoms with E-state index in [9.17, 15) is 14.0 Å². The highest BCUT2D eigenvalue weighted by Gasteiger charge is 2.38. The van der Waals surface area contributed by atoms with Crippen LogP contribution in [0.15, 0.2) is 24.3 Å². The van der Waals surface area contributed by atoms with Gasteiger partial charge in [-0.25, -0.2) is 4.39 Å². The van der Waals surface area contributed by atoms with Crippen molar-refractivity contribution in [1.82, 2.24) is 4.90 Å². The lowest BCUT2D eigenvalue weighted by molar-refractivity contribution is -0.145. The highest BCUT2D eigenvalue weighted by molar-refractivity contribution is 6.09. The van der Waals surface area contributed by atoms with Gasteiger partial charge in [0.25, 0.3) is 0 Å². The Kier molecular flexibility index (Phi) is 5.88. The van der Waals surface area contributed by atoms with E-state index in [1.807, 2.05) is 6.92 Å². The summed E-state index contributed by atoms with van der Waals surface area (Å²) in [4.78, 5) is 26.2. The number of unbranched alkanes of at least 4 members (excludes halogenated alkanes) is 1. The van der Waals surface area contributed by atoms with Gasteiger partial charge < -0.3 is 10.2 Å². The number of para-hydroxylation sites is 1. The number of carbonyl (C=O) groups is 2. The summed E-state index contributed by atoms with van der Waals surface area (Å²) in [5.41, 5.74) is -1.16. The summed E-state index contributed by atoms with van der Waals surface area (Å²) in [5, 5.41) is 2.48. The molecule has 0 spiro atoms. The molecule has 0 fully saturated rings. The molecule has 0 aliphatic rings. The smallest absolute Gasteiger partial charge is 0.239 e. The molecule has 116 valence electrons. The van der Waals surface area contributed by atoms with Crippen LogP contribution >= 0.6 is 0 Å². The monoisotopic (exact) mass is 294 g/mol. The normalized spacial score (nSPS) is 11.1. The van der Waals surface area contributed by atoms with Crippen LogP contribution in [0, 0.1) is 11.2 Å². The van der Waals surface area contributed by atoms with Gasteiger partial charge >= 0.3 is 0 Å². The molecule has 0 saturated carbocycles. The Morgan fingerprint density at radius 2 is 1.90 bits per heavy atom. The summed E-state index contributed by atoms with van der Waals surface area (Å²) >= 11 is 0. The van der Waals surface area contributed by atoms with E-state index in [0.29, 0.717) is 6.54 Å². The fourth-order valence-electron chi connectivity index (χ4n) is 1.91. The van der Waals surface area contributed by atoms with E-state index in [2.05, 4.69) is 5.32 Å². The summed E-state index contributed by atoms with van der Waals surface area (Å²) in [5.74, 6) is -1.31. The first-order valence-corrected chi connectivity index (χ1v) is 7.12. The average Bonchev–Trinajstić information content (AvgIpc) is 2.46. The third kappa shape index (κ3) is 4.28. The minimum atomic E-state index is -1.25. The number of nitrogens with one attached hydrogen (secondary N) is 1. The maximum absolute atomic E-state index is 13.6. The SMILES string of the molecule is CCCCN(C)C(=O)C(C)(C)C(=O)Nc1ccccc1F. The lowest BCUT2D eigenvalue weighted by Gasteiger charge is -2.28. The van der Waals surface area contributed by atoms with E-state index < -0.39 is 17.1 Å². The van der Waals surface area contributed by atoms with Crippen molar-refractivity contribution in [2.75, 3.05) is 18.9 Å². The first-order valence-electron chi connectivity index (χ1n) is 7.12. The van der Waals surface area contributed by atoms with E-state index in [4.69, 9.17) is 0 Å². The zero-order valence-electron chi connectivity index (χ0n) is 13.1. The van der Waals surface area contributed by atoms with Crippen molar-refractivity contribution in [3.05, 3.63) is 30.1 Å². The third-order valence-electron chi connectivity index (χ3n) is 3.42. The van der Waals surface area contributed by atoms with Crippen LogP contribution in [0.1, 0.15) is 33.6 Å². The number of rotatable bonds is 6. The number of nitrogens with zero attached hydrogens (tertiary/aromatic N) is 1. The van der Waals surface area contributed by atoms with Crippen molar-refractivity contribution in [2.24, 2.45) is 5.41 Å². The van der Waals surface area contributed by atoms with Crippen molar-refractivity contribution in [1.29, 1.82) is 0 Å². The van der Waals surface area contributed by atoms with Crippen LogP contribution < -0.4 is 5.32 Å². The van der Waals surface area contributed by atoms with Gasteiger partial charge in [0, 0.05) is 13.6 Å². The van der Waals surface area contributed by atoms with Crippen molar-refractivity contribution in [3.8, 4) is 0 Å². The van der Waals surface area contributed by atoms with E-state index >= 15 is 0 Å². The molecule has 0 aliphatic heterocycles. The lowest BCUT2D eigenvalue weighted by Crippen LogP contribution is -2.46. The number of benzene rings is 1. The molecule has 1 aromatic carbocycles. The number of amides is 2. The van der Waals surface area contributed by atoms with Gasteiger partial charge in [-0.2, -0.15) is 0 Å². The van der Waals surface area contributed by atoms with E-state index in [-0.39, 0.29) is 11.6 Å². The van der Waals surface area contributed by atoms with Crippen LogP contribution in [0.2, 0.25) is 0 Å². The van der Waals surface area contributed by atoms with Crippen molar-refractivity contribution >= 4 is 17.5 Å². The zero-order valence-corrected chi connectivity index (χ0v) is 13.1. The molecule has 4 nitrogen and oxygen atoms in total. The van der Waals surface area contributed by atoms with Crippen molar-refractivity contribution in [2.45, 2.75) is 33.6 Å². The molecule has 5 heteroatoms. The molecule has 1 aromatic rings. The standard InChI is InChI=1S/C16H23FN2O2/c1-5-6-11-19(4)15(21)16(2,3)14(20)18-13-10-8-7-9-12(13)17/h7-10H,5-6,11H2,1-4H3,(H,18,20). The van der Waals surface area contributed by atoms with Crippen LogP contribution in [-0.2, 0) is 9.59 Å². The Labute approximate surface area is 125 Å². The molecular formula is C16H23FN2O2. The second-order valence-corrected chi connectivity index (χ2v) is 5.64. The van der Waals surface area contributed by atoms with Crippen LogP contribution in [-0.4, -0.2) is 30.3 Å². The lowest BCUT2D eigenvalue weighted by atomic mass is 9.90. The van der Waals surface area contributed by atoms with Gasteiger partial charge in [-0.1, -0.05) is 25.5 Å². The number of carbonyl (C=O) groups excluding carboxylic acids is 2. The van der Waals surface area contributed by atoms with E-state index in [1.54, 1.807) is 37.9 Å². The summed E-state index contributed by atoms with van der Waals surface area (Å²) < 4.78 is 13.6. The van der Waals surface area contributed by atoms with Crippen molar-refractivity contribution in [3.63, 3.8) is 0 Å². The van der Waals surface area contributed by atoms with Crippen LogP contribution in [0.3, 0.4) is 0 Å². The number of anilines is 1. The second-order valence-electron chi connectivity index (χ2n) is 5.64. The Morgan fingerprint density at radius 1 is 1.29 bits per heavy atom. The van der Waals surface area contributed by atoms with Crippen LogP contribution in [0.4, 0.5) is 10.1 Å². The molecule has 2 amide bonds. The summed E-state index contributed by atoms with van der Waals surface area (Å²) in [6.45, 7) is 5.74. The molecule has 0 aliphatic carbocycles. The molecule has 0 saturated heterocycles. The molecule has 0 heterocycles. The van der Waals surface area contributed by atoms with E-state index in [1.165, 1.54) is 12.1 Å². The fourth-order valence-corrected chi connectivity index (χ4v) is 1.91. The maximum Gasteiger partial charge on any atom is 0.239 e. The molecule has 0 unspecified atom stereocenters. The van der Waals surface area contributed by atoms with Crippen LogP contribution in [0.25, 0.3) is 0 Å². The molecule has 1 N–H and O–H groups in total. The van der Waals surface area contributed by atoms with Gasteiger partial charge in [0.2, 0.25) is 11.8 Å². The predicted octanol–water partition coefficient (Wildman–Crippen LogP) is 3.05. The molecule has 0 atom stereocenters. The van der Waals surface area contributed by atoms with Gasteiger partial charge in [0.1, 0.15) is 11.2 Å². The predicted molar refractivity (Wildman–Crippen MR) is 81.4 cm³/mol. The second kappa shape index (κ2) is 7.20. The zero-order chi connectivity index (χ0) is 16.0. The first-order chi connectivity index (χ1) is 9.80. The Hall–Kier alpha value is -1.91. The molecule has 1 rings (SSSR count). The van der Waals surface area contributed by atoms with Crippen LogP contribution in [0.5, 0.6) is 0 Å². The summed E-state index contributed by atoms with van der Waals surface area (Å²) in [6.07, 6.45) is 1.85. The molecule has 0 bridgehead atoms. The quantitative estimate of drug-likeness (QED) is 0.820. The van der Waals surface area contributed by atoms with Gasteiger partial charge in [-0.15, -0.1) is 0 Å². The fraction of sp³-hybridized carbons (Fsp3) is 0.500. The highest BCUT2D eigenvalue weighted by Crippen LogP contribution is 2.22.